The second kappa shape index (κ2) is 10.3. The van der Waals surface area contributed by atoms with Crippen LogP contribution in [0.4, 0.5) is 4.39 Å². The van der Waals surface area contributed by atoms with Crippen LogP contribution in [-0.2, 0) is 6.42 Å². The van der Waals surface area contributed by atoms with Gasteiger partial charge < -0.3 is 9.88 Å². The Hall–Kier alpha value is -4.43. The number of hydrogen-bond acceptors (Lipinski definition) is 5. The molecule has 0 bridgehead atoms. The molecule has 0 saturated carbocycles. The first-order chi connectivity index (χ1) is 19.6. The van der Waals surface area contributed by atoms with Gasteiger partial charge in [-0.1, -0.05) is 18.2 Å². The van der Waals surface area contributed by atoms with Crippen molar-refractivity contribution in [3.05, 3.63) is 83.9 Å². The van der Waals surface area contributed by atoms with Crippen LogP contribution in [0.3, 0.4) is 0 Å². The molecular weight excluding hydrogens is 501 g/mol. The van der Waals surface area contributed by atoms with Crippen molar-refractivity contribution in [1.82, 2.24) is 35.0 Å². The highest BCUT2D eigenvalue weighted by atomic mass is 19.1. The van der Waals surface area contributed by atoms with Crippen LogP contribution in [0.25, 0.3) is 56.0 Å². The van der Waals surface area contributed by atoms with E-state index < -0.39 is 0 Å². The summed E-state index contributed by atoms with van der Waals surface area (Å²) in [7, 11) is 0. The number of imidazole rings is 1. The van der Waals surface area contributed by atoms with E-state index in [2.05, 4.69) is 37.2 Å². The van der Waals surface area contributed by atoms with Crippen LogP contribution in [0, 0.1) is 12.7 Å². The molecule has 1 saturated heterocycles. The number of aromatic nitrogens is 6. The summed E-state index contributed by atoms with van der Waals surface area (Å²) in [6.45, 7) is 5.45. The van der Waals surface area contributed by atoms with Gasteiger partial charge in [-0.2, -0.15) is 5.10 Å². The average Bonchev–Trinajstić information content (AvgIpc) is 3.72. The molecule has 0 aliphatic carbocycles. The molecule has 0 unspecified atom stereocenters. The van der Waals surface area contributed by atoms with Gasteiger partial charge in [0.1, 0.15) is 11.3 Å². The van der Waals surface area contributed by atoms with Crippen molar-refractivity contribution in [2.45, 2.75) is 32.6 Å². The lowest BCUT2D eigenvalue weighted by molar-refractivity contribution is 0.334. The second-order valence-electron chi connectivity index (χ2n) is 10.7. The first-order valence-electron chi connectivity index (χ1n) is 13.9. The predicted molar refractivity (Wildman–Crippen MR) is 156 cm³/mol. The van der Waals surface area contributed by atoms with E-state index in [1.54, 1.807) is 12.1 Å². The SMILES string of the molecule is Cc1cncc(-c2ccc3[nH]nc(-c4nc5c(-c6cc(F)cc(CCCN7CCCC7)c6)cccc5[nH]4)c3n2)c1. The highest BCUT2D eigenvalue weighted by Gasteiger charge is 2.18. The lowest BCUT2D eigenvalue weighted by Crippen LogP contribution is -2.20. The molecular formula is C32H30FN7. The fourth-order valence-corrected chi connectivity index (χ4v) is 5.76. The molecule has 200 valence electrons. The third-order valence-electron chi connectivity index (χ3n) is 7.72. The zero-order chi connectivity index (χ0) is 27.1. The van der Waals surface area contributed by atoms with Crippen molar-refractivity contribution in [3.63, 3.8) is 0 Å². The van der Waals surface area contributed by atoms with Gasteiger partial charge >= 0.3 is 0 Å². The van der Waals surface area contributed by atoms with E-state index in [-0.39, 0.29) is 5.82 Å². The third-order valence-corrected chi connectivity index (χ3v) is 7.72. The number of nitrogens with one attached hydrogen (secondary N) is 2. The maximum Gasteiger partial charge on any atom is 0.161 e. The molecule has 4 aromatic heterocycles. The largest absolute Gasteiger partial charge is 0.336 e. The topological polar surface area (TPSA) is 86.4 Å². The molecule has 1 fully saturated rings. The molecule has 0 spiro atoms. The Labute approximate surface area is 231 Å². The molecule has 8 heteroatoms. The van der Waals surface area contributed by atoms with Crippen LogP contribution in [0.1, 0.15) is 30.4 Å². The lowest BCUT2D eigenvalue weighted by atomic mass is 9.99. The van der Waals surface area contributed by atoms with Gasteiger partial charge in [-0.15, -0.1) is 0 Å². The number of halogens is 1. The monoisotopic (exact) mass is 531 g/mol. The number of pyridine rings is 2. The fourth-order valence-electron chi connectivity index (χ4n) is 5.76. The minimum Gasteiger partial charge on any atom is -0.336 e. The molecule has 6 aromatic rings. The zero-order valence-corrected chi connectivity index (χ0v) is 22.4. The molecule has 7 nitrogen and oxygen atoms in total. The molecule has 40 heavy (non-hydrogen) atoms. The number of para-hydroxylation sites is 1. The van der Waals surface area contributed by atoms with Crippen LogP contribution in [0.15, 0.2) is 67.0 Å². The van der Waals surface area contributed by atoms with Gasteiger partial charge in [-0.3, -0.25) is 10.1 Å². The van der Waals surface area contributed by atoms with Gasteiger partial charge in [0.25, 0.3) is 0 Å². The Bertz CT molecular complexity index is 1830. The summed E-state index contributed by atoms with van der Waals surface area (Å²) in [6, 6.07) is 17.3. The summed E-state index contributed by atoms with van der Waals surface area (Å²) in [6.07, 6.45) is 8.10. The summed E-state index contributed by atoms with van der Waals surface area (Å²) >= 11 is 0. The summed E-state index contributed by atoms with van der Waals surface area (Å²) in [5, 5.41) is 7.63. The van der Waals surface area contributed by atoms with E-state index in [1.165, 1.54) is 25.9 Å². The Morgan fingerprint density at radius 2 is 1.80 bits per heavy atom. The normalized spacial score (nSPS) is 14.1. The minimum absolute atomic E-state index is 0.220. The van der Waals surface area contributed by atoms with Gasteiger partial charge in [0.05, 0.1) is 22.2 Å². The molecule has 0 atom stereocenters. The van der Waals surface area contributed by atoms with Crippen molar-refractivity contribution in [2.75, 3.05) is 19.6 Å². The number of aryl methyl sites for hydroxylation is 2. The number of benzene rings is 2. The number of nitrogens with zero attached hydrogens (tertiary/aromatic N) is 5. The molecule has 0 radical (unpaired) electrons. The molecule has 2 N–H and O–H groups in total. The first kappa shape index (κ1) is 24.6. The highest BCUT2D eigenvalue weighted by molar-refractivity contribution is 5.96. The zero-order valence-electron chi connectivity index (χ0n) is 22.4. The third kappa shape index (κ3) is 4.75. The van der Waals surface area contributed by atoms with Gasteiger partial charge in [0.15, 0.2) is 11.5 Å². The van der Waals surface area contributed by atoms with Crippen molar-refractivity contribution in [2.24, 2.45) is 0 Å². The summed E-state index contributed by atoms with van der Waals surface area (Å²) in [5.74, 6) is 0.394. The van der Waals surface area contributed by atoms with Gasteiger partial charge in [0, 0.05) is 23.5 Å². The molecule has 7 rings (SSSR count). The van der Waals surface area contributed by atoms with Gasteiger partial charge in [0.2, 0.25) is 0 Å². The van der Waals surface area contributed by atoms with Crippen molar-refractivity contribution in [1.29, 1.82) is 0 Å². The lowest BCUT2D eigenvalue weighted by Gasteiger charge is -2.14. The molecule has 0 amide bonds. The summed E-state index contributed by atoms with van der Waals surface area (Å²) < 4.78 is 14.8. The summed E-state index contributed by atoms with van der Waals surface area (Å²) in [4.78, 5) is 20.1. The van der Waals surface area contributed by atoms with E-state index in [1.807, 2.05) is 49.6 Å². The standard InChI is InChI=1S/C32H30FN7/c1-20-14-23(19-34-18-20)26-9-10-28-30(35-26)31(39-38-28)32-36-27-8-4-7-25(29(27)37-32)22-15-21(16-24(33)17-22)6-5-13-40-11-2-3-12-40/h4,7-10,14-19H,2-3,5-6,11-13H2,1H3,(H,36,37)(H,38,39). The second-order valence-corrected chi connectivity index (χ2v) is 10.7. The van der Waals surface area contributed by atoms with Crippen LogP contribution in [0.2, 0.25) is 0 Å². The molecule has 1 aliphatic heterocycles. The number of fused-ring (bicyclic) bond motifs is 2. The van der Waals surface area contributed by atoms with E-state index in [0.717, 1.165) is 75.0 Å². The smallest absolute Gasteiger partial charge is 0.161 e. The van der Waals surface area contributed by atoms with Gasteiger partial charge in [-0.25, -0.2) is 14.4 Å². The average molecular weight is 532 g/mol. The maximum atomic E-state index is 14.8. The van der Waals surface area contributed by atoms with E-state index >= 15 is 0 Å². The van der Waals surface area contributed by atoms with Crippen LogP contribution < -0.4 is 0 Å². The predicted octanol–water partition coefficient (Wildman–Crippen LogP) is 6.71. The summed E-state index contributed by atoms with van der Waals surface area (Å²) in [5.41, 5.74) is 9.41. The van der Waals surface area contributed by atoms with Crippen molar-refractivity contribution < 1.29 is 4.39 Å². The molecule has 5 heterocycles. The Kier molecular flexibility index (Phi) is 6.32. The van der Waals surface area contributed by atoms with E-state index in [0.29, 0.717) is 11.5 Å². The Morgan fingerprint density at radius 1 is 0.900 bits per heavy atom. The number of aromatic amines is 2. The van der Waals surface area contributed by atoms with Crippen LogP contribution in [-0.4, -0.2) is 54.7 Å². The highest BCUT2D eigenvalue weighted by Crippen LogP contribution is 2.33. The van der Waals surface area contributed by atoms with Crippen molar-refractivity contribution in [3.8, 4) is 33.9 Å². The van der Waals surface area contributed by atoms with E-state index in [9.17, 15) is 4.39 Å². The first-order valence-corrected chi connectivity index (χ1v) is 13.9. The maximum absolute atomic E-state index is 14.8. The van der Waals surface area contributed by atoms with Gasteiger partial charge in [-0.05, 0) is 105 Å². The van der Waals surface area contributed by atoms with Crippen LogP contribution in [0.5, 0.6) is 0 Å². The van der Waals surface area contributed by atoms with Crippen LogP contribution >= 0.6 is 0 Å². The van der Waals surface area contributed by atoms with E-state index in [4.69, 9.17) is 9.97 Å². The fraction of sp³-hybridized carbons (Fsp3) is 0.250. The number of H-pyrrole nitrogens is 2. The number of likely N-dealkylation sites (tertiary alicyclic amines) is 1. The minimum atomic E-state index is -0.220. The Balaban J connectivity index is 1.23. The quantitative estimate of drug-likeness (QED) is 0.239. The Morgan fingerprint density at radius 3 is 2.67 bits per heavy atom. The number of rotatable bonds is 7. The van der Waals surface area contributed by atoms with Crippen molar-refractivity contribution >= 4 is 22.1 Å². The number of hydrogen-bond donors (Lipinski definition) is 2. The molecule has 1 aliphatic rings. The molecule has 2 aromatic carbocycles.